The summed E-state index contributed by atoms with van der Waals surface area (Å²) >= 11 is 0. The average molecular weight is 219 g/mol. The molecular weight excluding hydrogens is 194 g/mol. The lowest BCUT2D eigenvalue weighted by atomic mass is 9.93. The summed E-state index contributed by atoms with van der Waals surface area (Å²) in [7, 11) is 0. The van der Waals surface area contributed by atoms with Crippen molar-refractivity contribution < 1.29 is 0 Å². The molecular formula is C15H25N. The van der Waals surface area contributed by atoms with Gasteiger partial charge < -0.3 is 5.41 Å². The van der Waals surface area contributed by atoms with Gasteiger partial charge in [-0.05, 0) is 63.9 Å². The smallest absolute Gasteiger partial charge is 0.0342 e. The van der Waals surface area contributed by atoms with Crippen LogP contribution in [0.5, 0.6) is 0 Å². The quantitative estimate of drug-likeness (QED) is 0.492. The molecule has 0 aromatic heterocycles. The Bertz CT molecular complexity index is 318. The summed E-state index contributed by atoms with van der Waals surface area (Å²) in [4.78, 5) is 0. The maximum Gasteiger partial charge on any atom is 0.0342 e. The first kappa shape index (κ1) is 13.2. The second-order valence-electron chi connectivity index (χ2n) is 5.35. The zero-order chi connectivity index (χ0) is 12.3. The van der Waals surface area contributed by atoms with Crippen LogP contribution in [0.15, 0.2) is 23.3 Å². The van der Waals surface area contributed by atoms with Crippen LogP contribution >= 0.6 is 0 Å². The molecule has 0 aromatic carbocycles. The van der Waals surface area contributed by atoms with Gasteiger partial charge in [-0.2, -0.15) is 0 Å². The number of nitrogens with one attached hydrogen (secondary N) is 1. The average Bonchev–Trinajstić information content (AvgIpc) is 3.06. The molecule has 1 nitrogen and oxygen atoms in total. The van der Waals surface area contributed by atoms with Crippen molar-refractivity contribution in [3.8, 4) is 0 Å². The molecule has 1 atom stereocenters. The molecule has 1 saturated carbocycles. The van der Waals surface area contributed by atoms with Crippen LogP contribution in [0.4, 0.5) is 0 Å². The lowest BCUT2D eigenvalue weighted by molar-refractivity contribution is 0.632. The second-order valence-corrected chi connectivity index (χ2v) is 5.35. The molecule has 0 aliphatic heterocycles. The molecule has 1 N–H and O–H groups in total. The van der Waals surface area contributed by atoms with Crippen molar-refractivity contribution in [2.24, 2.45) is 11.8 Å². The second kappa shape index (κ2) is 5.47. The van der Waals surface area contributed by atoms with Gasteiger partial charge in [-0.1, -0.05) is 24.6 Å². The third kappa shape index (κ3) is 3.62. The van der Waals surface area contributed by atoms with Crippen molar-refractivity contribution in [2.75, 3.05) is 0 Å². The monoisotopic (exact) mass is 219 g/mol. The Morgan fingerprint density at radius 2 is 1.88 bits per heavy atom. The number of allylic oxidation sites excluding steroid dienone is 3. The molecule has 0 radical (unpaired) electrons. The fourth-order valence-corrected chi connectivity index (χ4v) is 1.86. The highest BCUT2D eigenvalue weighted by Crippen LogP contribution is 2.38. The van der Waals surface area contributed by atoms with Crippen LogP contribution in [0.25, 0.3) is 0 Å². The third-order valence-electron chi connectivity index (χ3n) is 3.90. The van der Waals surface area contributed by atoms with E-state index in [1.807, 2.05) is 0 Å². The normalized spacial score (nSPS) is 19.0. The summed E-state index contributed by atoms with van der Waals surface area (Å²) in [5.41, 5.74) is 4.75. The Hall–Kier alpha value is -0.850. The topological polar surface area (TPSA) is 23.9 Å². The summed E-state index contributed by atoms with van der Waals surface area (Å²) in [5.74, 6) is 1.33. The van der Waals surface area contributed by atoms with Crippen LogP contribution < -0.4 is 0 Å². The molecule has 1 aliphatic rings. The third-order valence-corrected chi connectivity index (χ3v) is 3.90. The van der Waals surface area contributed by atoms with E-state index in [1.165, 1.54) is 29.6 Å². The lowest BCUT2D eigenvalue weighted by Crippen LogP contribution is -2.05. The molecule has 0 spiro atoms. The first-order valence-electron chi connectivity index (χ1n) is 6.34. The van der Waals surface area contributed by atoms with Gasteiger partial charge in [0.15, 0.2) is 0 Å². The molecule has 1 aliphatic carbocycles. The van der Waals surface area contributed by atoms with E-state index in [4.69, 9.17) is 5.41 Å². The summed E-state index contributed by atoms with van der Waals surface area (Å²) in [6.07, 6.45) is 4.62. The minimum Gasteiger partial charge on any atom is -0.305 e. The first-order valence-corrected chi connectivity index (χ1v) is 6.34. The van der Waals surface area contributed by atoms with Crippen molar-refractivity contribution in [2.45, 2.75) is 53.4 Å². The van der Waals surface area contributed by atoms with Gasteiger partial charge in [0.25, 0.3) is 0 Å². The van der Waals surface area contributed by atoms with Gasteiger partial charge in [0, 0.05) is 5.71 Å². The summed E-state index contributed by atoms with van der Waals surface area (Å²) < 4.78 is 0. The standard InChI is InChI=1S/C15H25N/c1-10(2)11(3)6-9-15(16)13(5)12(4)14-7-8-14/h11,14,16H,1,6-9H2,2-5H3/b13-12+,16-15?. The largest absolute Gasteiger partial charge is 0.305 e. The van der Waals surface area contributed by atoms with E-state index in [1.54, 1.807) is 0 Å². The van der Waals surface area contributed by atoms with Gasteiger partial charge in [-0.25, -0.2) is 0 Å². The molecule has 1 rings (SSSR count). The zero-order valence-electron chi connectivity index (χ0n) is 11.2. The van der Waals surface area contributed by atoms with Crippen LogP contribution in [0, 0.1) is 17.2 Å². The highest BCUT2D eigenvalue weighted by molar-refractivity contribution is 5.97. The highest BCUT2D eigenvalue weighted by Gasteiger charge is 2.25. The molecule has 0 bridgehead atoms. The molecule has 0 amide bonds. The van der Waals surface area contributed by atoms with E-state index in [2.05, 4.69) is 34.3 Å². The van der Waals surface area contributed by atoms with Crippen LogP contribution in [-0.2, 0) is 0 Å². The Balaban J connectivity index is 2.46. The number of hydrogen-bond acceptors (Lipinski definition) is 1. The van der Waals surface area contributed by atoms with Crippen molar-refractivity contribution in [1.29, 1.82) is 5.41 Å². The molecule has 0 saturated heterocycles. The lowest BCUT2D eigenvalue weighted by Gasteiger charge is -2.13. The summed E-state index contributed by atoms with van der Waals surface area (Å²) in [6, 6.07) is 0. The van der Waals surface area contributed by atoms with Gasteiger partial charge in [0.05, 0.1) is 0 Å². The minimum atomic E-state index is 0.536. The molecule has 1 heteroatoms. The van der Waals surface area contributed by atoms with E-state index >= 15 is 0 Å². The van der Waals surface area contributed by atoms with E-state index in [-0.39, 0.29) is 0 Å². The van der Waals surface area contributed by atoms with Crippen LogP contribution in [0.2, 0.25) is 0 Å². The number of rotatable bonds is 6. The summed E-state index contributed by atoms with van der Waals surface area (Å²) in [6.45, 7) is 12.6. The Morgan fingerprint density at radius 3 is 2.31 bits per heavy atom. The Labute approximate surface area is 100 Å². The molecule has 1 fully saturated rings. The van der Waals surface area contributed by atoms with Crippen LogP contribution in [0.3, 0.4) is 0 Å². The zero-order valence-corrected chi connectivity index (χ0v) is 11.2. The Kier molecular flexibility index (Phi) is 4.52. The predicted octanol–water partition coefficient (Wildman–Crippen LogP) is 4.74. The van der Waals surface area contributed by atoms with Gasteiger partial charge in [0.2, 0.25) is 0 Å². The highest BCUT2D eigenvalue weighted by atomic mass is 14.4. The van der Waals surface area contributed by atoms with E-state index in [0.29, 0.717) is 5.92 Å². The molecule has 16 heavy (non-hydrogen) atoms. The SMILES string of the molecule is C=C(C)C(C)CCC(=N)/C(C)=C(\C)C1CC1. The van der Waals surface area contributed by atoms with E-state index < -0.39 is 0 Å². The molecule has 0 heterocycles. The van der Waals surface area contributed by atoms with Crippen molar-refractivity contribution in [3.63, 3.8) is 0 Å². The minimum absolute atomic E-state index is 0.536. The van der Waals surface area contributed by atoms with Crippen molar-refractivity contribution in [1.82, 2.24) is 0 Å². The van der Waals surface area contributed by atoms with E-state index in [9.17, 15) is 0 Å². The maximum atomic E-state index is 8.09. The molecule has 90 valence electrons. The maximum absolute atomic E-state index is 8.09. The molecule has 1 unspecified atom stereocenters. The van der Waals surface area contributed by atoms with Gasteiger partial charge in [-0.3, -0.25) is 0 Å². The first-order chi connectivity index (χ1) is 7.43. The number of hydrogen-bond donors (Lipinski definition) is 1. The van der Waals surface area contributed by atoms with Crippen LogP contribution in [-0.4, -0.2) is 5.71 Å². The van der Waals surface area contributed by atoms with Crippen LogP contribution in [0.1, 0.15) is 53.4 Å². The summed E-state index contributed by atoms with van der Waals surface area (Å²) in [5, 5.41) is 8.09. The fourth-order valence-electron chi connectivity index (χ4n) is 1.86. The van der Waals surface area contributed by atoms with Gasteiger partial charge >= 0.3 is 0 Å². The van der Waals surface area contributed by atoms with E-state index in [0.717, 1.165) is 24.5 Å². The fraction of sp³-hybridized carbons (Fsp3) is 0.667. The Morgan fingerprint density at radius 1 is 1.31 bits per heavy atom. The van der Waals surface area contributed by atoms with Gasteiger partial charge in [0.1, 0.15) is 0 Å². The molecule has 0 aromatic rings. The van der Waals surface area contributed by atoms with Crippen molar-refractivity contribution in [3.05, 3.63) is 23.3 Å². The van der Waals surface area contributed by atoms with Gasteiger partial charge in [-0.15, -0.1) is 0 Å². The van der Waals surface area contributed by atoms with Crippen molar-refractivity contribution >= 4 is 5.71 Å². The predicted molar refractivity (Wildman–Crippen MR) is 72.0 cm³/mol.